The normalized spacial score (nSPS) is 23.5. The van der Waals surface area contributed by atoms with Crippen molar-refractivity contribution in [1.82, 2.24) is 10.6 Å². The van der Waals surface area contributed by atoms with Crippen molar-refractivity contribution < 1.29 is 14.7 Å². The number of hydrogen-bond donors (Lipinski definition) is 3. The molecule has 3 N–H and O–H groups in total. The Morgan fingerprint density at radius 1 is 1.24 bits per heavy atom. The van der Waals surface area contributed by atoms with Gasteiger partial charge in [-0.3, -0.25) is 9.59 Å². The van der Waals surface area contributed by atoms with E-state index in [1.807, 2.05) is 0 Å². The van der Waals surface area contributed by atoms with Gasteiger partial charge in [-0.2, -0.15) is 5.26 Å². The monoisotopic (exact) mass is 239 g/mol. The van der Waals surface area contributed by atoms with Gasteiger partial charge in [-0.15, -0.1) is 0 Å². The van der Waals surface area contributed by atoms with Crippen molar-refractivity contribution in [2.24, 2.45) is 5.92 Å². The first-order valence-electron chi connectivity index (χ1n) is 5.76. The van der Waals surface area contributed by atoms with Crippen molar-refractivity contribution in [2.75, 3.05) is 13.1 Å². The zero-order valence-corrected chi connectivity index (χ0v) is 9.61. The van der Waals surface area contributed by atoms with Gasteiger partial charge in [0.05, 0.1) is 12.2 Å². The Morgan fingerprint density at radius 2 is 1.88 bits per heavy atom. The number of aliphatic hydroxyl groups excluding tert-OH is 1. The molecule has 2 atom stereocenters. The lowest BCUT2D eigenvalue weighted by molar-refractivity contribution is -0.139. The van der Waals surface area contributed by atoms with Gasteiger partial charge in [-0.25, -0.2) is 0 Å². The number of carbonyl (C=O) groups is 2. The zero-order valence-electron chi connectivity index (χ0n) is 9.61. The summed E-state index contributed by atoms with van der Waals surface area (Å²) in [4.78, 5) is 22.4. The molecule has 6 nitrogen and oxygen atoms in total. The number of nitrogens with one attached hydrogen (secondary N) is 2. The third-order valence-corrected chi connectivity index (χ3v) is 2.93. The van der Waals surface area contributed by atoms with Crippen LogP contribution < -0.4 is 10.6 Å². The van der Waals surface area contributed by atoms with Crippen molar-refractivity contribution in [2.45, 2.75) is 31.8 Å². The summed E-state index contributed by atoms with van der Waals surface area (Å²) < 4.78 is 0. The maximum absolute atomic E-state index is 11.3. The second kappa shape index (κ2) is 6.86. The molecule has 6 heteroatoms. The molecule has 2 amide bonds. The second-order valence-corrected chi connectivity index (χ2v) is 4.16. The quantitative estimate of drug-likeness (QED) is 0.447. The molecule has 0 aliphatic heterocycles. The highest BCUT2D eigenvalue weighted by molar-refractivity contribution is 6.35. The van der Waals surface area contributed by atoms with E-state index in [0.717, 1.165) is 25.7 Å². The highest BCUT2D eigenvalue weighted by Crippen LogP contribution is 2.23. The first kappa shape index (κ1) is 13.5. The number of nitriles is 1. The van der Waals surface area contributed by atoms with Crippen molar-refractivity contribution in [1.29, 1.82) is 5.26 Å². The molecule has 0 bridgehead atoms. The van der Waals surface area contributed by atoms with E-state index >= 15 is 0 Å². The zero-order chi connectivity index (χ0) is 12.7. The molecule has 0 saturated heterocycles. The molecule has 1 aliphatic carbocycles. The Morgan fingerprint density at radius 3 is 2.53 bits per heavy atom. The smallest absolute Gasteiger partial charge is 0.310 e. The lowest BCUT2D eigenvalue weighted by atomic mass is 9.86. The predicted molar refractivity (Wildman–Crippen MR) is 59.6 cm³/mol. The Kier molecular flexibility index (Phi) is 5.43. The lowest BCUT2D eigenvalue weighted by Gasteiger charge is -2.27. The maximum Gasteiger partial charge on any atom is 0.310 e. The highest BCUT2D eigenvalue weighted by atomic mass is 16.3. The summed E-state index contributed by atoms with van der Waals surface area (Å²) in [6.45, 7) is 0.123. The average Bonchev–Trinajstić information content (AvgIpc) is 2.34. The fourth-order valence-corrected chi connectivity index (χ4v) is 1.93. The molecule has 17 heavy (non-hydrogen) atoms. The van der Waals surface area contributed by atoms with E-state index in [2.05, 4.69) is 10.6 Å². The van der Waals surface area contributed by atoms with Crippen LogP contribution in [0.5, 0.6) is 0 Å². The van der Waals surface area contributed by atoms with E-state index in [0.29, 0.717) is 6.54 Å². The van der Waals surface area contributed by atoms with E-state index in [1.165, 1.54) is 0 Å². The first-order chi connectivity index (χ1) is 8.15. The summed E-state index contributed by atoms with van der Waals surface area (Å²) in [6.07, 6.45) is 3.26. The van der Waals surface area contributed by atoms with E-state index in [-0.39, 0.29) is 12.5 Å². The summed E-state index contributed by atoms with van der Waals surface area (Å²) in [5.41, 5.74) is 0. The van der Waals surface area contributed by atoms with Gasteiger partial charge >= 0.3 is 11.8 Å². The molecule has 0 radical (unpaired) electrons. The molecule has 1 aliphatic rings. The topological polar surface area (TPSA) is 102 Å². The molecule has 1 saturated carbocycles. The summed E-state index contributed by atoms with van der Waals surface area (Å²) in [5.74, 6) is -1.54. The van der Waals surface area contributed by atoms with Gasteiger partial charge in [0.25, 0.3) is 0 Å². The van der Waals surface area contributed by atoms with Crippen molar-refractivity contribution in [3.8, 4) is 6.07 Å². The minimum Gasteiger partial charge on any atom is -0.393 e. The van der Waals surface area contributed by atoms with Crippen molar-refractivity contribution >= 4 is 11.8 Å². The molecule has 1 fully saturated rings. The Labute approximate surface area is 100.0 Å². The molecule has 0 aromatic rings. The van der Waals surface area contributed by atoms with Crippen LogP contribution in [0.3, 0.4) is 0 Å². The minimum absolute atomic E-state index is 0.0245. The largest absolute Gasteiger partial charge is 0.393 e. The molecule has 2 unspecified atom stereocenters. The van der Waals surface area contributed by atoms with Gasteiger partial charge in [-0.1, -0.05) is 12.8 Å². The van der Waals surface area contributed by atoms with Crippen LogP contribution in [0.4, 0.5) is 0 Å². The van der Waals surface area contributed by atoms with Crippen LogP contribution >= 0.6 is 0 Å². The summed E-state index contributed by atoms with van der Waals surface area (Å²) in [7, 11) is 0. The van der Waals surface area contributed by atoms with Crippen LogP contribution in [0, 0.1) is 17.2 Å². The van der Waals surface area contributed by atoms with Crippen LogP contribution in [0.25, 0.3) is 0 Å². The van der Waals surface area contributed by atoms with Gasteiger partial charge in [0.1, 0.15) is 6.54 Å². The number of nitrogens with zero attached hydrogens (tertiary/aromatic N) is 1. The molecule has 0 heterocycles. The van der Waals surface area contributed by atoms with Crippen LogP contribution in [0.2, 0.25) is 0 Å². The maximum atomic E-state index is 11.3. The molecule has 1 rings (SSSR count). The second-order valence-electron chi connectivity index (χ2n) is 4.16. The number of hydrogen-bond acceptors (Lipinski definition) is 4. The van der Waals surface area contributed by atoms with Crippen LogP contribution in [-0.4, -0.2) is 36.1 Å². The first-order valence-corrected chi connectivity index (χ1v) is 5.76. The van der Waals surface area contributed by atoms with E-state index in [1.54, 1.807) is 6.07 Å². The van der Waals surface area contributed by atoms with Gasteiger partial charge in [-0.05, 0) is 12.8 Å². The molecular formula is C11H17N3O3. The fourth-order valence-electron chi connectivity index (χ4n) is 1.93. The van der Waals surface area contributed by atoms with Gasteiger partial charge in [0.2, 0.25) is 0 Å². The van der Waals surface area contributed by atoms with Gasteiger partial charge in [0, 0.05) is 12.5 Å². The van der Waals surface area contributed by atoms with Gasteiger partial charge < -0.3 is 15.7 Å². The van der Waals surface area contributed by atoms with Crippen molar-refractivity contribution in [3.05, 3.63) is 0 Å². The fraction of sp³-hybridized carbons (Fsp3) is 0.727. The van der Waals surface area contributed by atoms with E-state index in [9.17, 15) is 14.7 Å². The van der Waals surface area contributed by atoms with Crippen LogP contribution in [0.1, 0.15) is 25.7 Å². The highest BCUT2D eigenvalue weighted by Gasteiger charge is 2.24. The number of rotatable bonds is 3. The number of carbonyl (C=O) groups excluding carboxylic acids is 2. The van der Waals surface area contributed by atoms with Crippen LogP contribution in [-0.2, 0) is 9.59 Å². The SMILES string of the molecule is N#CCNC(=O)C(=O)NCC1CCCCC1O. The molecular weight excluding hydrogens is 222 g/mol. The van der Waals surface area contributed by atoms with E-state index in [4.69, 9.17) is 5.26 Å². The van der Waals surface area contributed by atoms with Crippen molar-refractivity contribution in [3.63, 3.8) is 0 Å². The third kappa shape index (κ3) is 4.41. The average molecular weight is 239 g/mol. The third-order valence-electron chi connectivity index (χ3n) is 2.93. The lowest BCUT2D eigenvalue weighted by Crippen LogP contribution is -2.44. The van der Waals surface area contributed by atoms with Crippen LogP contribution in [0.15, 0.2) is 0 Å². The minimum atomic E-state index is -0.808. The standard InChI is InChI=1S/C11H17N3O3/c12-5-6-13-10(16)11(17)14-7-8-3-1-2-4-9(8)15/h8-9,15H,1-4,6-7H2,(H,13,16)(H,14,17). The Hall–Kier alpha value is -1.61. The predicted octanol–water partition coefficient (Wildman–Crippen LogP) is -0.707. The Bertz CT molecular complexity index is 324. The molecule has 0 spiro atoms. The van der Waals surface area contributed by atoms with Gasteiger partial charge in [0.15, 0.2) is 0 Å². The number of amides is 2. The summed E-state index contributed by atoms with van der Waals surface area (Å²) in [5, 5.41) is 22.5. The molecule has 94 valence electrons. The number of aliphatic hydroxyl groups is 1. The molecule has 0 aromatic carbocycles. The molecule has 0 aromatic heterocycles. The van der Waals surface area contributed by atoms with E-state index < -0.39 is 17.9 Å². The Balaban J connectivity index is 2.27. The summed E-state index contributed by atoms with van der Waals surface area (Å²) >= 11 is 0. The summed E-state index contributed by atoms with van der Waals surface area (Å²) in [6, 6.07) is 1.71.